The third-order valence-corrected chi connectivity index (χ3v) is 3.75. The molecule has 1 saturated carbocycles. The number of carboxylic acids is 1. The van der Waals surface area contributed by atoms with E-state index in [9.17, 15) is 4.79 Å². The molecule has 1 N–H and O–H groups in total. The maximum atomic E-state index is 10.6. The Labute approximate surface area is 80.4 Å². The van der Waals surface area contributed by atoms with Crippen LogP contribution in [0.25, 0.3) is 0 Å². The Kier molecular flexibility index (Phi) is 1.87. The lowest BCUT2D eigenvalue weighted by Gasteiger charge is -2.09. The van der Waals surface area contributed by atoms with Gasteiger partial charge in [-0.25, -0.2) is 4.98 Å². The summed E-state index contributed by atoms with van der Waals surface area (Å²) >= 11 is 1.59. The van der Waals surface area contributed by atoms with Crippen LogP contribution in [-0.2, 0) is 10.2 Å². The van der Waals surface area contributed by atoms with E-state index in [0.717, 1.165) is 18.5 Å². The van der Waals surface area contributed by atoms with Gasteiger partial charge in [-0.15, -0.1) is 11.3 Å². The molecule has 1 aromatic heterocycles. The van der Waals surface area contributed by atoms with E-state index in [1.165, 1.54) is 4.88 Å². The number of carboxylic acid groups (broad SMARTS) is 1. The van der Waals surface area contributed by atoms with Crippen molar-refractivity contribution in [1.29, 1.82) is 0 Å². The van der Waals surface area contributed by atoms with Gasteiger partial charge in [0, 0.05) is 10.3 Å². The van der Waals surface area contributed by atoms with Gasteiger partial charge in [0.1, 0.15) is 0 Å². The summed E-state index contributed by atoms with van der Waals surface area (Å²) in [5.74, 6) is -0.703. The predicted molar refractivity (Wildman–Crippen MR) is 50.0 cm³/mol. The van der Waals surface area contributed by atoms with Crippen molar-refractivity contribution in [2.75, 3.05) is 0 Å². The molecule has 0 aromatic carbocycles. The molecule has 1 aromatic rings. The second-order valence-electron chi connectivity index (χ2n) is 3.62. The van der Waals surface area contributed by atoms with Gasteiger partial charge in [0.25, 0.3) is 0 Å². The number of hydrogen-bond donors (Lipinski definition) is 1. The zero-order chi connectivity index (χ0) is 9.47. The van der Waals surface area contributed by atoms with Crippen LogP contribution in [0.15, 0.2) is 5.51 Å². The van der Waals surface area contributed by atoms with Crippen LogP contribution < -0.4 is 0 Å². The quantitative estimate of drug-likeness (QED) is 0.805. The number of aryl methyl sites for hydroxylation is 1. The topological polar surface area (TPSA) is 50.2 Å². The van der Waals surface area contributed by atoms with Gasteiger partial charge in [0.2, 0.25) is 0 Å². The van der Waals surface area contributed by atoms with Crippen LogP contribution in [0.5, 0.6) is 0 Å². The standard InChI is InChI=1S/C9H11NO2S/c1-6-8(13-5-10-6)9(2-3-9)4-7(11)12/h5H,2-4H2,1H3,(H,11,12). The van der Waals surface area contributed by atoms with Crippen molar-refractivity contribution in [1.82, 2.24) is 4.98 Å². The summed E-state index contributed by atoms with van der Waals surface area (Å²) < 4.78 is 0. The monoisotopic (exact) mass is 197 g/mol. The summed E-state index contributed by atoms with van der Waals surface area (Å²) in [7, 11) is 0. The molecule has 0 spiro atoms. The van der Waals surface area contributed by atoms with Crippen molar-refractivity contribution in [2.45, 2.75) is 31.6 Å². The maximum Gasteiger partial charge on any atom is 0.304 e. The molecule has 0 amide bonds. The molecule has 13 heavy (non-hydrogen) atoms. The lowest BCUT2D eigenvalue weighted by Crippen LogP contribution is -2.12. The van der Waals surface area contributed by atoms with Crippen LogP contribution in [0.1, 0.15) is 29.8 Å². The van der Waals surface area contributed by atoms with Crippen LogP contribution in [0, 0.1) is 6.92 Å². The molecule has 0 aliphatic heterocycles. The summed E-state index contributed by atoms with van der Waals surface area (Å²) in [5.41, 5.74) is 2.74. The molecule has 0 radical (unpaired) electrons. The fraction of sp³-hybridized carbons (Fsp3) is 0.556. The Morgan fingerprint density at radius 2 is 2.46 bits per heavy atom. The number of hydrogen-bond acceptors (Lipinski definition) is 3. The third-order valence-electron chi connectivity index (χ3n) is 2.57. The Balaban J connectivity index is 2.25. The van der Waals surface area contributed by atoms with E-state index in [4.69, 9.17) is 5.11 Å². The first-order chi connectivity index (χ1) is 6.14. The van der Waals surface area contributed by atoms with Crippen molar-refractivity contribution in [3.8, 4) is 0 Å². The molecule has 1 heterocycles. The van der Waals surface area contributed by atoms with Gasteiger partial charge in [-0.3, -0.25) is 4.79 Å². The first kappa shape index (κ1) is 8.69. The Morgan fingerprint density at radius 3 is 2.85 bits per heavy atom. The van der Waals surface area contributed by atoms with Crippen molar-refractivity contribution in [2.24, 2.45) is 0 Å². The van der Waals surface area contributed by atoms with Crippen molar-refractivity contribution < 1.29 is 9.90 Å². The predicted octanol–water partition coefficient (Wildman–Crippen LogP) is 1.96. The number of nitrogens with zero attached hydrogens (tertiary/aromatic N) is 1. The van der Waals surface area contributed by atoms with Crippen molar-refractivity contribution >= 4 is 17.3 Å². The summed E-state index contributed by atoms with van der Waals surface area (Å²) in [6.45, 7) is 1.95. The minimum atomic E-state index is -0.703. The van der Waals surface area contributed by atoms with Gasteiger partial charge >= 0.3 is 5.97 Å². The largest absolute Gasteiger partial charge is 0.481 e. The van der Waals surface area contributed by atoms with Gasteiger partial charge in [-0.1, -0.05) is 0 Å². The molecule has 2 rings (SSSR count). The number of thiazole rings is 1. The molecule has 0 unspecified atom stereocenters. The van der Waals surface area contributed by atoms with E-state index >= 15 is 0 Å². The van der Waals surface area contributed by atoms with Crippen LogP contribution in [0.2, 0.25) is 0 Å². The van der Waals surface area contributed by atoms with Crippen LogP contribution >= 0.6 is 11.3 Å². The van der Waals surface area contributed by atoms with Gasteiger partial charge in [-0.05, 0) is 19.8 Å². The molecule has 70 valence electrons. The highest BCUT2D eigenvalue weighted by Crippen LogP contribution is 2.53. The lowest BCUT2D eigenvalue weighted by atomic mass is 9.99. The molecule has 1 fully saturated rings. The number of rotatable bonds is 3. The number of aromatic nitrogens is 1. The van der Waals surface area contributed by atoms with Gasteiger partial charge in [0.05, 0.1) is 17.6 Å². The Morgan fingerprint density at radius 1 is 1.77 bits per heavy atom. The normalized spacial score (nSPS) is 18.5. The van der Waals surface area contributed by atoms with Crippen LogP contribution in [0.3, 0.4) is 0 Å². The number of aliphatic carboxylic acids is 1. The third kappa shape index (κ3) is 1.46. The van der Waals surface area contributed by atoms with Crippen LogP contribution in [0.4, 0.5) is 0 Å². The fourth-order valence-electron chi connectivity index (χ4n) is 1.74. The highest BCUT2D eigenvalue weighted by Gasteiger charge is 2.48. The van der Waals surface area contributed by atoms with Gasteiger partial charge in [-0.2, -0.15) is 0 Å². The van der Waals surface area contributed by atoms with Crippen molar-refractivity contribution in [3.63, 3.8) is 0 Å². The summed E-state index contributed by atoms with van der Waals surface area (Å²) in [6, 6.07) is 0. The van der Waals surface area contributed by atoms with E-state index in [2.05, 4.69) is 4.98 Å². The van der Waals surface area contributed by atoms with Crippen molar-refractivity contribution in [3.05, 3.63) is 16.1 Å². The highest BCUT2D eigenvalue weighted by atomic mass is 32.1. The smallest absolute Gasteiger partial charge is 0.304 e. The molecule has 0 bridgehead atoms. The molecular weight excluding hydrogens is 186 g/mol. The molecule has 1 aliphatic carbocycles. The summed E-state index contributed by atoms with van der Waals surface area (Å²) in [5, 5.41) is 8.76. The minimum absolute atomic E-state index is 0.0584. The molecule has 0 saturated heterocycles. The Bertz CT molecular complexity index is 341. The first-order valence-electron chi connectivity index (χ1n) is 4.26. The van der Waals surface area contributed by atoms with E-state index in [0.29, 0.717) is 0 Å². The average Bonchev–Trinajstić information content (AvgIpc) is 2.65. The lowest BCUT2D eigenvalue weighted by molar-refractivity contribution is -0.137. The summed E-state index contributed by atoms with van der Waals surface area (Å²) in [4.78, 5) is 16.0. The zero-order valence-electron chi connectivity index (χ0n) is 7.41. The second-order valence-corrected chi connectivity index (χ2v) is 4.47. The Hall–Kier alpha value is -0.900. The highest BCUT2D eigenvalue weighted by molar-refractivity contribution is 7.10. The molecule has 4 heteroatoms. The molecule has 0 atom stereocenters. The number of carbonyl (C=O) groups is 1. The summed E-state index contributed by atoms with van der Waals surface area (Å²) in [6.07, 6.45) is 2.26. The van der Waals surface area contributed by atoms with E-state index in [-0.39, 0.29) is 11.8 Å². The minimum Gasteiger partial charge on any atom is -0.481 e. The van der Waals surface area contributed by atoms with E-state index in [1.54, 1.807) is 16.8 Å². The van der Waals surface area contributed by atoms with E-state index in [1.807, 2.05) is 6.92 Å². The molecule has 1 aliphatic rings. The fourth-order valence-corrected chi connectivity index (χ4v) is 2.80. The molecule has 3 nitrogen and oxygen atoms in total. The first-order valence-corrected chi connectivity index (χ1v) is 5.14. The van der Waals surface area contributed by atoms with E-state index < -0.39 is 5.97 Å². The van der Waals surface area contributed by atoms with Gasteiger partial charge < -0.3 is 5.11 Å². The molecular formula is C9H11NO2S. The average molecular weight is 197 g/mol. The maximum absolute atomic E-state index is 10.6. The van der Waals surface area contributed by atoms with Crippen LogP contribution in [-0.4, -0.2) is 16.1 Å². The zero-order valence-corrected chi connectivity index (χ0v) is 8.23. The van der Waals surface area contributed by atoms with Gasteiger partial charge in [0.15, 0.2) is 0 Å². The second kappa shape index (κ2) is 2.80. The SMILES string of the molecule is Cc1ncsc1C1(CC(=O)O)CC1.